The van der Waals surface area contributed by atoms with Gasteiger partial charge in [0, 0.05) is 13.1 Å². The van der Waals surface area contributed by atoms with E-state index in [2.05, 4.69) is 17.0 Å². The molecule has 0 spiro atoms. The molecule has 1 aromatic heterocycles. The van der Waals surface area contributed by atoms with Crippen molar-refractivity contribution in [2.45, 2.75) is 26.5 Å². The van der Waals surface area contributed by atoms with E-state index in [9.17, 15) is 15.2 Å². The molecule has 2 N–H and O–H groups in total. The van der Waals surface area contributed by atoms with Crippen LogP contribution in [0.2, 0.25) is 0 Å². The molecule has 1 unspecified atom stereocenters. The molecule has 0 aliphatic carbocycles. The standard InChI is InChI=1S/C11H18N4O3/c1-4-5-12-6-10(16)7-14-9(3)11(15(17)18)8(2)13-14/h4,10,12,16H,1,5-7H2,2-3H3. The van der Waals surface area contributed by atoms with Gasteiger partial charge in [0.2, 0.25) is 0 Å². The summed E-state index contributed by atoms with van der Waals surface area (Å²) < 4.78 is 1.47. The zero-order valence-electron chi connectivity index (χ0n) is 10.6. The van der Waals surface area contributed by atoms with E-state index in [1.807, 2.05) is 0 Å². The maximum Gasteiger partial charge on any atom is 0.312 e. The van der Waals surface area contributed by atoms with Crippen LogP contribution in [0, 0.1) is 24.0 Å². The Hall–Kier alpha value is -1.73. The van der Waals surface area contributed by atoms with Crippen LogP contribution in [0.4, 0.5) is 5.69 Å². The zero-order valence-corrected chi connectivity index (χ0v) is 10.6. The molecule has 7 nitrogen and oxygen atoms in total. The predicted octanol–water partition coefficient (Wildman–Crippen LogP) is 0.545. The summed E-state index contributed by atoms with van der Waals surface area (Å²) in [5.41, 5.74) is 0.838. The Balaban J connectivity index is 2.70. The first-order valence-electron chi connectivity index (χ1n) is 5.65. The second-order valence-electron chi connectivity index (χ2n) is 4.06. The Morgan fingerprint density at radius 2 is 2.33 bits per heavy atom. The minimum atomic E-state index is -0.650. The summed E-state index contributed by atoms with van der Waals surface area (Å²) in [5, 5.41) is 27.6. The second kappa shape index (κ2) is 6.27. The number of nitrogens with one attached hydrogen (secondary N) is 1. The number of aliphatic hydroxyl groups is 1. The molecule has 1 aromatic rings. The van der Waals surface area contributed by atoms with Crippen molar-refractivity contribution in [3.8, 4) is 0 Å². The van der Waals surface area contributed by atoms with Crippen LogP contribution < -0.4 is 5.32 Å². The number of aliphatic hydroxyl groups excluding tert-OH is 1. The average molecular weight is 254 g/mol. The summed E-state index contributed by atoms with van der Waals surface area (Å²) in [6, 6.07) is 0. The Bertz CT molecular complexity index is 442. The van der Waals surface area contributed by atoms with Gasteiger partial charge in [0.05, 0.1) is 17.6 Å². The van der Waals surface area contributed by atoms with E-state index < -0.39 is 11.0 Å². The monoisotopic (exact) mass is 254 g/mol. The van der Waals surface area contributed by atoms with Crippen LogP contribution in [-0.4, -0.2) is 39.0 Å². The first-order chi connectivity index (χ1) is 8.47. The van der Waals surface area contributed by atoms with Gasteiger partial charge in [-0.1, -0.05) is 6.08 Å². The van der Waals surface area contributed by atoms with Crippen molar-refractivity contribution in [3.05, 3.63) is 34.2 Å². The van der Waals surface area contributed by atoms with Crippen molar-refractivity contribution in [3.63, 3.8) is 0 Å². The molecule has 18 heavy (non-hydrogen) atoms. The lowest BCUT2D eigenvalue weighted by Gasteiger charge is -2.11. The quantitative estimate of drug-likeness (QED) is 0.321. The Morgan fingerprint density at radius 1 is 1.67 bits per heavy atom. The molecular weight excluding hydrogens is 236 g/mol. The lowest BCUT2D eigenvalue weighted by atomic mass is 10.3. The molecule has 0 bridgehead atoms. The van der Waals surface area contributed by atoms with Crippen LogP contribution in [0.1, 0.15) is 11.4 Å². The van der Waals surface area contributed by atoms with Crippen molar-refractivity contribution in [1.29, 1.82) is 0 Å². The van der Waals surface area contributed by atoms with Crippen molar-refractivity contribution < 1.29 is 10.0 Å². The summed E-state index contributed by atoms with van der Waals surface area (Å²) in [6.07, 6.45) is 1.04. The molecule has 1 atom stereocenters. The zero-order chi connectivity index (χ0) is 13.7. The summed E-state index contributed by atoms with van der Waals surface area (Å²) in [7, 11) is 0. The predicted molar refractivity (Wildman–Crippen MR) is 67.4 cm³/mol. The number of hydrogen-bond donors (Lipinski definition) is 2. The smallest absolute Gasteiger partial charge is 0.312 e. The highest BCUT2D eigenvalue weighted by Crippen LogP contribution is 2.21. The molecule has 0 radical (unpaired) electrons. The average Bonchev–Trinajstić information content (AvgIpc) is 2.54. The van der Waals surface area contributed by atoms with Crippen molar-refractivity contribution in [2.75, 3.05) is 13.1 Å². The van der Waals surface area contributed by atoms with Crippen molar-refractivity contribution in [1.82, 2.24) is 15.1 Å². The third-order valence-electron chi connectivity index (χ3n) is 2.58. The number of aromatic nitrogens is 2. The number of nitrogens with zero attached hydrogens (tertiary/aromatic N) is 3. The van der Waals surface area contributed by atoms with Crippen molar-refractivity contribution in [2.24, 2.45) is 0 Å². The van der Waals surface area contributed by atoms with Gasteiger partial charge in [-0.2, -0.15) is 5.10 Å². The molecule has 0 aliphatic heterocycles. The van der Waals surface area contributed by atoms with Crippen molar-refractivity contribution >= 4 is 5.69 Å². The molecule has 0 fully saturated rings. The molecule has 0 aromatic carbocycles. The van der Waals surface area contributed by atoms with Gasteiger partial charge in [0.1, 0.15) is 11.4 Å². The fourth-order valence-electron chi connectivity index (χ4n) is 1.75. The van der Waals surface area contributed by atoms with Crippen LogP contribution in [0.15, 0.2) is 12.7 Å². The fourth-order valence-corrected chi connectivity index (χ4v) is 1.75. The fraction of sp³-hybridized carbons (Fsp3) is 0.545. The first-order valence-corrected chi connectivity index (χ1v) is 5.65. The normalized spacial score (nSPS) is 12.4. The maximum atomic E-state index is 10.8. The largest absolute Gasteiger partial charge is 0.390 e. The van der Waals surface area contributed by atoms with Gasteiger partial charge < -0.3 is 10.4 Å². The Labute approximate surface area is 105 Å². The van der Waals surface area contributed by atoms with E-state index in [4.69, 9.17) is 0 Å². The molecule has 1 rings (SSSR count). The van der Waals surface area contributed by atoms with Gasteiger partial charge in [-0.3, -0.25) is 14.8 Å². The highest BCUT2D eigenvalue weighted by atomic mass is 16.6. The first kappa shape index (κ1) is 14.3. The molecule has 0 amide bonds. The third-order valence-corrected chi connectivity index (χ3v) is 2.58. The molecule has 100 valence electrons. The second-order valence-corrected chi connectivity index (χ2v) is 4.06. The van der Waals surface area contributed by atoms with E-state index >= 15 is 0 Å². The van der Waals surface area contributed by atoms with E-state index in [0.29, 0.717) is 24.5 Å². The Morgan fingerprint density at radius 3 is 2.83 bits per heavy atom. The molecular formula is C11H18N4O3. The number of aryl methyl sites for hydroxylation is 1. The van der Waals surface area contributed by atoms with Gasteiger partial charge in [0.15, 0.2) is 0 Å². The number of hydrogen-bond acceptors (Lipinski definition) is 5. The van der Waals surface area contributed by atoms with Crippen LogP contribution in [0.5, 0.6) is 0 Å². The lowest BCUT2D eigenvalue weighted by molar-refractivity contribution is -0.386. The minimum absolute atomic E-state index is 0.0150. The summed E-state index contributed by atoms with van der Waals surface area (Å²) in [4.78, 5) is 10.4. The van der Waals surface area contributed by atoms with E-state index in [1.165, 1.54) is 4.68 Å². The maximum absolute atomic E-state index is 10.8. The molecule has 7 heteroatoms. The van der Waals surface area contributed by atoms with Crippen LogP contribution in [0.3, 0.4) is 0 Å². The van der Waals surface area contributed by atoms with Gasteiger partial charge in [0.25, 0.3) is 0 Å². The lowest BCUT2D eigenvalue weighted by Crippen LogP contribution is -2.31. The molecule has 0 saturated carbocycles. The Kier molecular flexibility index (Phi) is 4.99. The molecule has 1 heterocycles. The van der Waals surface area contributed by atoms with E-state index in [-0.39, 0.29) is 12.2 Å². The van der Waals surface area contributed by atoms with Crippen LogP contribution in [-0.2, 0) is 6.54 Å². The number of nitro groups is 1. The minimum Gasteiger partial charge on any atom is -0.390 e. The third kappa shape index (κ3) is 3.38. The van der Waals surface area contributed by atoms with Crippen LogP contribution >= 0.6 is 0 Å². The molecule has 0 aliphatic rings. The van der Waals surface area contributed by atoms with E-state index in [1.54, 1.807) is 19.9 Å². The topological polar surface area (TPSA) is 93.2 Å². The SMILES string of the molecule is C=CCNCC(O)Cn1nc(C)c([N+](=O)[O-])c1C. The van der Waals surface area contributed by atoms with Gasteiger partial charge in [-0.25, -0.2) is 0 Å². The number of rotatable bonds is 7. The van der Waals surface area contributed by atoms with Gasteiger partial charge in [-0.15, -0.1) is 6.58 Å². The highest BCUT2D eigenvalue weighted by Gasteiger charge is 2.22. The summed E-state index contributed by atoms with van der Waals surface area (Å²) in [6.45, 7) is 7.99. The van der Waals surface area contributed by atoms with E-state index in [0.717, 1.165) is 0 Å². The summed E-state index contributed by atoms with van der Waals surface area (Å²) in [5.74, 6) is 0. The molecule has 0 saturated heterocycles. The summed E-state index contributed by atoms with van der Waals surface area (Å²) >= 11 is 0. The van der Waals surface area contributed by atoms with Crippen LogP contribution in [0.25, 0.3) is 0 Å². The van der Waals surface area contributed by atoms with Gasteiger partial charge in [-0.05, 0) is 13.8 Å². The van der Waals surface area contributed by atoms with Gasteiger partial charge >= 0.3 is 5.69 Å². The highest BCUT2D eigenvalue weighted by molar-refractivity contribution is 5.39.